The molecule has 1 rings (SSSR count). The molecule has 0 saturated heterocycles. The molecule has 0 aliphatic heterocycles. The Bertz CT molecular complexity index is 432. The number of hydrogen-bond acceptors (Lipinski definition) is 3. The molecule has 1 amide bonds. The van der Waals surface area contributed by atoms with Gasteiger partial charge in [0.2, 0.25) is 5.78 Å². The van der Waals surface area contributed by atoms with Crippen LogP contribution in [0, 0.1) is 0 Å². The van der Waals surface area contributed by atoms with E-state index in [1.165, 1.54) is 6.92 Å². The van der Waals surface area contributed by atoms with Crippen molar-refractivity contribution in [2.75, 3.05) is 13.7 Å². The average Bonchev–Trinajstić information content (AvgIpc) is 2.29. The van der Waals surface area contributed by atoms with Gasteiger partial charge in [-0.25, -0.2) is 0 Å². The number of hydrogen-bond donors (Lipinski definition) is 1. The molecule has 0 atom stereocenters. The van der Waals surface area contributed by atoms with E-state index < -0.39 is 11.7 Å². The molecule has 0 bridgehead atoms. The van der Waals surface area contributed by atoms with Crippen molar-refractivity contribution >= 4 is 23.3 Å². The van der Waals surface area contributed by atoms with Gasteiger partial charge < -0.3 is 10.1 Å². The summed E-state index contributed by atoms with van der Waals surface area (Å²) in [7, 11) is 1.57. The second-order valence-electron chi connectivity index (χ2n) is 3.52. The highest BCUT2D eigenvalue weighted by molar-refractivity contribution is 6.35. The number of ketones is 1. The van der Waals surface area contributed by atoms with Crippen molar-refractivity contribution in [1.82, 2.24) is 5.32 Å². The summed E-state index contributed by atoms with van der Waals surface area (Å²) in [5.41, 5.74) is 0.892. The SMILES string of the molecule is COc1ccc(Cl)cc1CCNC(=O)C(C)=O. The van der Waals surface area contributed by atoms with Crippen LogP contribution in [0.1, 0.15) is 12.5 Å². The van der Waals surface area contributed by atoms with Crippen LogP contribution in [0.5, 0.6) is 5.75 Å². The third kappa shape index (κ3) is 4.07. The number of amides is 1. The zero-order chi connectivity index (χ0) is 12.8. The van der Waals surface area contributed by atoms with Gasteiger partial charge in [-0.15, -0.1) is 0 Å². The van der Waals surface area contributed by atoms with E-state index in [2.05, 4.69) is 5.32 Å². The number of ether oxygens (including phenoxy) is 1. The van der Waals surface area contributed by atoms with Crippen molar-refractivity contribution in [3.05, 3.63) is 28.8 Å². The van der Waals surface area contributed by atoms with Gasteiger partial charge in [-0.2, -0.15) is 0 Å². The Kier molecular flexibility index (Phi) is 4.97. The van der Waals surface area contributed by atoms with Crippen molar-refractivity contribution in [3.8, 4) is 5.75 Å². The summed E-state index contributed by atoms with van der Waals surface area (Å²) in [6.45, 7) is 1.60. The molecule has 0 heterocycles. The lowest BCUT2D eigenvalue weighted by atomic mass is 10.1. The number of Topliss-reactive ketones (excluding diaryl/α,β-unsaturated/α-hetero) is 1. The molecule has 0 unspecified atom stereocenters. The van der Waals surface area contributed by atoms with Crippen LogP contribution in [0.3, 0.4) is 0 Å². The number of methoxy groups -OCH3 is 1. The maximum Gasteiger partial charge on any atom is 0.287 e. The molecule has 0 saturated carbocycles. The summed E-state index contributed by atoms with van der Waals surface area (Å²) in [5.74, 6) is -0.361. The smallest absolute Gasteiger partial charge is 0.287 e. The standard InChI is InChI=1S/C12H14ClNO3/c1-8(15)12(16)14-6-5-9-7-10(13)3-4-11(9)17-2/h3-4,7H,5-6H2,1-2H3,(H,14,16). The lowest BCUT2D eigenvalue weighted by Crippen LogP contribution is -2.30. The maximum atomic E-state index is 11.0. The monoisotopic (exact) mass is 255 g/mol. The largest absolute Gasteiger partial charge is 0.496 e. The van der Waals surface area contributed by atoms with E-state index in [1.54, 1.807) is 25.3 Å². The molecule has 0 fully saturated rings. The van der Waals surface area contributed by atoms with Crippen molar-refractivity contribution in [2.45, 2.75) is 13.3 Å². The molecule has 1 aromatic rings. The topological polar surface area (TPSA) is 55.4 Å². The Morgan fingerprint density at radius 3 is 2.71 bits per heavy atom. The third-order valence-electron chi connectivity index (χ3n) is 2.24. The van der Waals surface area contributed by atoms with Crippen molar-refractivity contribution in [3.63, 3.8) is 0 Å². The molecule has 92 valence electrons. The Hall–Kier alpha value is -1.55. The highest BCUT2D eigenvalue weighted by Crippen LogP contribution is 2.22. The van der Waals surface area contributed by atoms with Gasteiger partial charge in [-0.1, -0.05) is 11.6 Å². The molecule has 0 aliphatic rings. The Morgan fingerprint density at radius 2 is 2.12 bits per heavy atom. The minimum Gasteiger partial charge on any atom is -0.496 e. The van der Waals surface area contributed by atoms with Crippen LogP contribution in [0.2, 0.25) is 5.02 Å². The Morgan fingerprint density at radius 1 is 1.41 bits per heavy atom. The highest BCUT2D eigenvalue weighted by atomic mass is 35.5. The Labute approximate surface area is 105 Å². The lowest BCUT2D eigenvalue weighted by molar-refractivity contribution is -0.136. The highest BCUT2D eigenvalue weighted by Gasteiger charge is 2.08. The number of carbonyl (C=O) groups is 2. The van der Waals surface area contributed by atoms with Crippen molar-refractivity contribution < 1.29 is 14.3 Å². The van der Waals surface area contributed by atoms with E-state index in [4.69, 9.17) is 16.3 Å². The normalized spacial score (nSPS) is 9.82. The lowest BCUT2D eigenvalue weighted by Gasteiger charge is -2.09. The molecular formula is C12H14ClNO3. The molecule has 0 spiro atoms. The first kappa shape index (κ1) is 13.5. The maximum absolute atomic E-state index is 11.0. The van der Waals surface area contributed by atoms with Crippen molar-refractivity contribution in [1.29, 1.82) is 0 Å². The van der Waals surface area contributed by atoms with Crippen LogP contribution in [0.4, 0.5) is 0 Å². The zero-order valence-corrected chi connectivity index (χ0v) is 10.5. The summed E-state index contributed by atoms with van der Waals surface area (Å²) in [6.07, 6.45) is 0.558. The quantitative estimate of drug-likeness (QED) is 0.813. The van der Waals surface area contributed by atoms with Crippen LogP contribution in [-0.2, 0) is 16.0 Å². The fraction of sp³-hybridized carbons (Fsp3) is 0.333. The van der Waals surface area contributed by atoms with Gasteiger partial charge in [0.05, 0.1) is 7.11 Å². The minimum atomic E-state index is -0.578. The number of benzene rings is 1. The van der Waals surface area contributed by atoms with Crippen LogP contribution >= 0.6 is 11.6 Å². The molecule has 0 aromatic heterocycles. The first-order valence-electron chi connectivity index (χ1n) is 5.15. The van der Waals surface area contributed by atoms with E-state index in [0.29, 0.717) is 23.7 Å². The van der Waals surface area contributed by atoms with E-state index in [0.717, 1.165) is 5.56 Å². The number of nitrogens with one attached hydrogen (secondary N) is 1. The predicted molar refractivity (Wildman–Crippen MR) is 65.4 cm³/mol. The molecule has 4 nitrogen and oxygen atoms in total. The fourth-order valence-electron chi connectivity index (χ4n) is 1.38. The van der Waals surface area contributed by atoms with E-state index in [9.17, 15) is 9.59 Å². The van der Waals surface area contributed by atoms with Crippen LogP contribution in [0.25, 0.3) is 0 Å². The number of carbonyl (C=O) groups excluding carboxylic acids is 2. The first-order valence-corrected chi connectivity index (χ1v) is 5.53. The average molecular weight is 256 g/mol. The molecule has 1 N–H and O–H groups in total. The van der Waals surface area contributed by atoms with Gasteiger partial charge in [-0.3, -0.25) is 9.59 Å². The molecule has 0 radical (unpaired) electrons. The summed E-state index contributed by atoms with van der Waals surface area (Å²) in [6, 6.07) is 5.28. The second kappa shape index (κ2) is 6.25. The molecular weight excluding hydrogens is 242 g/mol. The molecule has 0 aliphatic carbocycles. The molecule has 5 heteroatoms. The minimum absolute atomic E-state index is 0.370. The number of rotatable bonds is 5. The summed E-state index contributed by atoms with van der Waals surface area (Å²) >= 11 is 5.87. The van der Waals surface area contributed by atoms with E-state index >= 15 is 0 Å². The number of halogens is 1. The summed E-state index contributed by atoms with van der Waals surface area (Å²) < 4.78 is 5.17. The molecule has 1 aromatic carbocycles. The van der Waals surface area contributed by atoms with E-state index in [-0.39, 0.29) is 0 Å². The van der Waals surface area contributed by atoms with Gasteiger partial charge in [0.15, 0.2) is 0 Å². The van der Waals surface area contributed by atoms with Crippen LogP contribution in [0.15, 0.2) is 18.2 Å². The second-order valence-corrected chi connectivity index (χ2v) is 3.95. The van der Waals surface area contributed by atoms with Gasteiger partial charge in [0.1, 0.15) is 5.75 Å². The van der Waals surface area contributed by atoms with E-state index in [1.807, 2.05) is 0 Å². The van der Waals surface area contributed by atoms with Gasteiger partial charge >= 0.3 is 0 Å². The zero-order valence-electron chi connectivity index (χ0n) is 9.75. The fourth-order valence-corrected chi connectivity index (χ4v) is 1.57. The third-order valence-corrected chi connectivity index (χ3v) is 2.48. The van der Waals surface area contributed by atoms with Gasteiger partial charge in [-0.05, 0) is 30.2 Å². The van der Waals surface area contributed by atoms with Gasteiger partial charge in [0, 0.05) is 18.5 Å². The summed E-state index contributed by atoms with van der Waals surface area (Å²) in [5, 5.41) is 3.12. The predicted octanol–water partition coefficient (Wildman–Crippen LogP) is 1.60. The summed E-state index contributed by atoms with van der Waals surface area (Å²) in [4.78, 5) is 21.7. The van der Waals surface area contributed by atoms with Gasteiger partial charge in [0.25, 0.3) is 5.91 Å². The first-order chi connectivity index (χ1) is 8.04. The van der Waals surface area contributed by atoms with Crippen LogP contribution in [-0.4, -0.2) is 25.3 Å². The Balaban J connectivity index is 2.59. The van der Waals surface area contributed by atoms with Crippen molar-refractivity contribution in [2.24, 2.45) is 0 Å². The van der Waals surface area contributed by atoms with Crippen LogP contribution < -0.4 is 10.1 Å². The molecule has 17 heavy (non-hydrogen) atoms.